The fourth-order valence-electron chi connectivity index (χ4n) is 1.02. The predicted molar refractivity (Wildman–Crippen MR) is 49.9 cm³/mol. The topological polar surface area (TPSA) is 35.2 Å². The third-order valence-corrected chi connectivity index (χ3v) is 3.18. The van der Waals surface area contributed by atoms with E-state index < -0.39 is 0 Å². The van der Waals surface area contributed by atoms with Crippen LogP contribution in [0.15, 0.2) is 0 Å². The summed E-state index contributed by atoms with van der Waals surface area (Å²) >= 11 is 1.96. The Balaban J connectivity index is 1.92. The molecule has 0 radical (unpaired) electrons. The lowest BCUT2D eigenvalue weighted by Gasteiger charge is -2.26. The van der Waals surface area contributed by atoms with Crippen LogP contribution in [0, 0.1) is 0 Å². The van der Waals surface area contributed by atoms with Crippen LogP contribution >= 0.6 is 11.8 Å². The Kier molecular flexibility index (Phi) is 4.26. The lowest BCUT2D eigenvalue weighted by Crippen LogP contribution is -2.33. The zero-order valence-electron chi connectivity index (χ0n) is 7.08. The molecule has 0 aromatic carbocycles. The molecule has 0 bridgehead atoms. The maximum atomic E-state index is 5.85. The van der Waals surface area contributed by atoms with Crippen LogP contribution in [0.3, 0.4) is 0 Å². The first kappa shape index (κ1) is 9.36. The zero-order chi connectivity index (χ0) is 8.10. The second-order valence-corrected chi connectivity index (χ2v) is 4.37. The quantitative estimate of drug-likeness (QED) is 0.683. The minimum atomic E-state index is 0.394. The normalized spacial score (nSPS) is 21.3. The van der Waals surface area contributed by atoms with E-state index in [9.17, 15) is 0 Å². The molecule has 0 aliphatic carbocycles. The third-order valence-electron chi connectivity index (χ3n) is 1.81. The maximum absolute atomic E-state index is 5.85. The van der Waals surface area contributed by atoms with Crippen LogP contribution in [0.4, 0.5) is 0 Å². The van der Waals surface area contributed by atoms with Crippen LogP contribution in [-0.4, -0.2) is 30.3 Å². The Morgan fingerprint density at radius 1 is 1.64 bits per heavy atom. The highest BCUT2D eigenvalue weighted by Gasteiger charge is 2.19. The van der Waals surface area contributed by atoms with Crippen LogP contribution < -0.4 is 5.73 Å². The van der Waals surface area contributed by atoms with Gasteiger partial charge in [-0.2, -0.15) is 11.8 Å². The van der Waals surface area contributed by atoms with Gasteiger partial charge in [0.1, 0.15) is 0 Å². The van der Waals surface area contributed by atoms with E-state index in [1.807, 2.05) is 11.8 Å². The first-order valence-electron chi connectivity index (χ1n) is 4.28. The maximum Gasteiger partial charge on any atom is 0.0607 e. The number of nitrogens with two attached hydrogens (primary N) is 1. The molecule has 11 heavy (non-hydrogen) atoms. The Morgan fingerprint density at radius 2 is 2.36 bits per heavy atom. The molecule has 3 heteroatoms. The summed E-state index contributed by atoms with van der Waals surface area (Å²) in [6.07, 6.45) is 2.35. The van der Waals surface area contributed by atoms with Gasteiger partial charge in [0.2, 0.25) is 0 Å². The summed E-state index contributed by atoms with van der Waals surface area (Å²) in [6.45, 7) is 4.05. The summed E-state index contributed by atoms with van der Waals surface area (Å²) in [5.41, 5.74) is 5.85. The molecular weight excluding hydrogens is 158 g/mol. The van der Waals surface area contributed by atoms with E-state index in [1.54, 1.807) is 0 Å². The van der Waals surface area contributed by atoms with Gasteiger partial charge >= 0.3 is 0 Å². The van der Waals surface area contributed by atoms with Crippen LogP contribution in [-0.2, 0) is 4.74 Å². The van der Waals surface area contributed by atoms with E-state index >= 15 is 0 Å². The molecule has 0 saturated carbocycles. The summed E-state index contributed by atoms with van der Waals surface area (Å²) in [6, 6.07) is 0.394. The first-order valence-corrected chi connectivity index (χ1v) is 5.32. The third kappa shape index (κ3) is 3.45. The SMILES string of the molecule is CCCC(N)CSC1COC1. The zero-order valence-corrected chi connectivity index (χ0v) is 7.90. The molecule has 2 N–H and O–H groups in total. The monoisotopic (exact) mass is 175 g/mol. The lowest BCUT2D eigenvalue weighted by atomic mass is 10.2. The standard InChI is InChI=1S/C8H17NOS/c1-2-3-7(9)6-11-8-4-10-5-8/h7-8H,2-6,9H2,1H3. The Hall–Kier alpha value is 0.270. The fourth-order valence-corrected chi connectivity index (χ4v) is 2.10. The molecule has 66 valence electrons. The van der Waals surface area contributed by atoms with Crippen molar-refractivity contribution in [2.45, 2.75) is 31.1 Å². The van der Waals surface area contributed by atoms with Crippen molar-refractivity contribution in [2.75, 3.05) is 19.0 Å². The van der Waals surface area contributed by atoms with Crippen molar-refractivity contribution in [2.24, 2.45) is 5.73 Å². The van der Waals surface area contributed by atoms with Gasteiger partial charge in [0.05, 0.1) is 18.5 Å². The fraction of sp³-hybridized carbons (Fsp3) is 1.00. The molecule has 1 heterocycles. The highest BCUT2D eigenvalue weighted by molar-refractivity contribution is 8.00. The average Bonchev–Trinajstić information content (AvgIpc) is 1.85. The van der Waals surface area contributed by atoms with Crippen molar-refractivity contribution in [1.82, 2.24) is 0 Å². The molecule has 1 saturated heterocycles. The van der Waals surface area contributed by atoms with Gasteiger partial charge in [-0.25, -0.2) is 0 Å². The number of thioether (sulfide) groups is 1. The van der Waals surface area contributed by atoms with E-state index in [1.165, 1.54) is 6.42 Å². The second kappa shape index (κ2) is 5.01. The van der Waals surface area contributed by atoms with E-state index in [0.29, 0.717) is 6.04 Å². The molecular formula is C8H17NOS. The molecule has 1 aliphatic heterocycles. The van der Waals surface area contributed by atoms with Crippen LogP contribution in [0.2, 0.25) is 0 Å². The van der Waals surface area contributed by atoms with Gasteiger partial charge < -0.3 is 10.5 Å². The van der Waals surface area contributed by atoms with E-state index in [0.717, 1.165) is 30.6 Å². The molecule has 0 amide bonds. The summed E-state index contributed by atoms with van der Waals surface area (Å²) in [5.74, 6) is 1.10. The summed E-state index contributed by atoms with van der Waals surface area (Å²) in [7, 11) is 0. The van der Waals surface area contributed by atoms with E-state index in [-0.39, 0.29) is 0 Å². The number of hydrogen-bond donors (Lipinski definition) is 1. The Labute approximate surface area is 72.9 Å². The summed E-state index contributed by atoms with van der Waals surface area (Å²) in [5, 5.41) is 0.734. The van der Waals surface area contributed by atoms with Crippen molar-refractivity contribution in [1.29, 1.82) is 0 Å². The van der Waals surface area contributed by atoms with Gasteiger partial charge in [0, 0.05) is 11.8 Å². The predicted octanol–water partition coefficient (Wildman–Crippen LogP) is 1.25. The number of rotatable bonds is 5. The average molecular weight is 175 g/mol. The number of hydrogen-bond acceptors (Lipinski definition) is 3. The van der Waals surface area contributed by atoms with Gasteiger partial charge in [-0.1, -0.05) is 13.3 Å². The van der Waals surface area contributed by atoms with Crippen LogP contribution in [0.1, 0.15) is 19.8 Å². The van der Waals surface area contributed by atoms with Gasteiger partial charge in [-0.3, -0.25) is 0 Å². The van der Waals surface area contributed by atoms with Gasteiger partial charge in [-0.05, 0) is 6.42 Å². The molecule has 1 unspecified atom stereocenters. The van der Waals surface area contributed by atoms with Crippen molar-refractivity contribution < 1.29 is 4.74 Å². The summed E-state index contributed by atoms with van der Waals surface area (Å²) in [4.78, 5) is 0. The molecule has 1 atom stereocenters. The Bertz CT molecular complexity index is 106. The first-order chi connectivity index (χ1) is 5.33. The second-order valence-electron chi connectivity index (χ2n) is 3.04. The minimum absolute atomic E-state index is 0.394. The van der Waals surface area contributed by atoms with Crippen molar-refractivity contribution in [3.05, 3.63) is 0 Å². The number of ether oxygens (including phenoxy) is 1. The molecule has 0 aromatic rings. The van der Waals surface area contributed by atoms with Crippen LogP contribution in [0.5, 0.6) is 0 Å². The molecule has 1 aliphatic rings. The summed E-state index contributed by atoms with van der Waals surface area (Å²) < 4.78 is 5.07. The highest BCUT2D eigenvalue weighted by Crippen LogP contribution is 2.19. The van der Waals surface area contributed by atoms with Crippen molar-refractivity contribution in [3.8, 4) is 0 Å². The van der Waals surface area contributed by atoms with Gasteiger partial charge in [-0.15, -0.1) is 0 Å². The molecule has 2 nitrogen and oxygen atoms in total. The van der Waals surface area contributed by atoms with Gasteiger partial charge in [0.15, 0.2) is 0 Å². The lowest BCUT2D eigenvalue weighted by molar-refractivity contribution is 0.0455. The highest BCUT2D eigenvalue weighted by atomic mass is 32.2. The Morgan fingerprint density at radius 3 is 2.82 bits per heavy atom. The molecule has 0 spiro atoms. The molecule has 1 rings (SSSR count). The largest absolute Gasteiger partial charge is 0.379 e. The smallest absolute Gasteiger partial charge is 0.0607 e. The van der Waals surface area contributed by atoms with E-state index in [4.69, 9.17) is 10.5 Å². The minimum Gasteiger partial charge on any atom is -0.379 e. The molecule has 1 fully saturated rings. The van der Waals surface area contributed by atoms with Crippen LogP contribution in [0.25, 0.3) is 0 Å². The van der Waals surface area contributed by atoms with E-state index in [2.05, 4.69) is 6.92 Å². The molecule has 0 aromatic heterocycles. The van der Waals surface area contributed by atoms with Crippen molar-refractivity contribution >= 4 is 11.8 Å². The van der Waals surface area contributed by atoms with Gasteiger partial charge in [0.25, 0.3) is 0 Å². The van der Waals surface area contributed by atoms with Crippen molar-refractivity contribution in [3.63, 3.8) is 0 Å².